The number of aromatic nitrogens is 1. The molecule has 6 N–H and O–H groups in total. The van der Waals surface area contributed by atoms with Gasteiger partial charge >= 0.3 is 0 Å². The van der Waals surface area contributed by atoms with Crippen LogP contribution in [0.3, 0.4) is 0 Å². The summed E-state index contributed by atoms with van der Waals surface area (Å²) >= 11 is 0. The first-order valence-electron chi connectivity index (χ1n) is 12.9. The molecule has 0 aliphatic heterocycles. The van der Waals surface area contributed by atoms with Crippen LogP contribution in [0.4, 0.5) is 0 Å². The lowest BCUT2D eigenvalue weighted by atomic mass is 9.97. The van der Waals surface area contributed by atoms with Crippen molar-refractivity contribution < 1.29 is 14.1 Å². The van der Waals surface area contributed by atoms with Crippen LogP contribution in [0.15, 0.2) is 66.9 Å². The Kier molecular flexibility index (Phi) is 14.8. The summed E-state index contributed by atoms with van der Waals surface area (Å²) in [4.78, 5) is 26.3. The quantitative estimate of drug-likeness (QED) is 0.202. The Balaban J connectivity index is 0.00000172. The Morgan fingerprint density at radius 1 is 1.05 bits per heavy atom. The number of likely N-dealkylation sites (N-methyl/N-ethyl adjacent to an activating group) is 2. The van der Waals surface area contributed by atoms with Crippen LogP contribution >= 0.6 is 0 Å². The molecule has 0 aliphatic rings. The molecule has 0 spiro atoms. The first-order valence-corrected chi connectivity index (χ1v) is 12.9. The summed E-state index contributed by atoms with van der Waals surface area (Å²) in [5.74, 6) is 0.0518. The van der Waals surface area contributed by atoms with Crippen molar-refractivity contribution in [3.8, 4) is 0 Å². The highest BCUT2D eigenvalue weighted by molar-refractivity contribution is 5.83. The summed E-state index contributed by atoms with van der Waals surface area (Å²) in [5, 5.41) is 7.66. The number of primary amides is 1. The highest BCUT2D eigenvalue weighted by atomic mass is 16.2. The average molecular weight is 524 g/mol. The summed E-state index contributed by atoms with van der Waals surface area (Å²) in [6.07, 6.45) is 5.54. The van der Waals surface area contributed by atoms with Crippen LogP contribution < -0.4 is 22.1 Å². The molecule has 0 bridgehead atoms. The van der Waals surface area contributed by atoms with Crippen molar-refractivity contribution in [2.75, 3.05) is 40.8 Å². The summed E-state index contributed by atoms with van der Waals surface area (Å²) in [6, 6.07) is 20.4. The second kappa shape index (κ2) is 17.2. The molecule has 1 unspecified atom stereocenters. The zero-order chi connectivity index (χ0) is 27.1. The molecule has 1 aromatic heterocycles. The van der Waals surface area contributed by atoms with Crippen LogP contribution in [0.25, 0.3) is 10.9 Å². The number of nitrogens with two attached hydrogens (primary N) is 2. The SMILES string of the molecule is C.CNC(CCC[N+](C)(C)CCN)C(=O)N[C@H](CCc1ccccc1)c1ccc2ncccc2c1.NC=O. The van der Waals surface area contributed by atoms with E-state index in [-0.39, 0.29) is 31.8 Å². The molecule has 38 heavy (non-hydrogen) atoms. The maximum absolute atomic E-state index is 13.3. The fraction of sp³-hybridized carbons (Fsp3) is 0.433. The van der Waals surface area contributed by atoms with Gasteiger partial charge in [-0.2, -0.15) is 0 Å². The molecule has 0 saturated heterocycles. The minimum absolute atomic E-state index is 0. The number of benzene rings is 2. The Hall–Kier alpha value is -3.33. The van der Waals surface area contributed by atoms with Crippen molar-refractivity contribution in [1.82, 2.24) is 15.6 Å². The van der Waals surface area contributed by atoms with E-state index in [0.29, 0.717) is 6.54 Å². The number of hydrogen-bond acceptors (Lipinski definition) is 5. The number of aryl methyl sites for hydroxylation is 1. The predicted octanol–water partition coefficient (Wildman–Crippen LogP) is 3.17. The molecule has 208 valence electrons. The van der Waals surface area contributed by atoms with Crippen LogP contribution in [0.2, 0.25) is 0 Å². The number of carbonyl (C=O) groups excluding carboxylic acids is 2. The van der Waals surface area contributed by atoms with Crippen LogP contribution in [-0.2, 0) is 16.0 Å². The lowest BCUT2D eigenvalue weighted by Gasteiger charge is -2.30. The van der Waals surface area contributed by atoms with Gasteiger partial charge in [0.15, 0.2) is 0 Å². The Labute approximate surface area is 228 Å². The van der Waals surface area contributed by atoms with Crippen molar-refractivity contribution in [1.29, 1.82) is 0 Å². The van der Waals surface area contributed by atoms with Gasteiger partial charge in [0.1, 0.15) is 0 Å². The summed E-state index contributed by atoms with van der Waals surface area (Å²) in [7, 11) is 6.25. The van der Waals surface area contributed by atoms with Gasteiger partial charge in [0.05, 0.1) is 44.8 Å². The van der Waals surface area contributed by atoms with E-state index in [1.165, 1.54) is 5.56 Å². The first kappa shape index (κ1) is 32.7. The highest BCUT2D eigenvalue weighted by Gasteiger charge is 2.23. The molecule has 2 atom stereocenters. The smallest absolute Gasteiger partial charge is 0.237 e. The summed E-state index contributed by atoms with van der Waals surface area (Å²) in [6.45, 7) is 2.61. The van der Waals surface area contributed by atoms with Gasteiger partial charge in [-0.3, -0.25) is 14.6 Å². The number of amides is 2. The molecule has 2 amide bonds. The van der Waals surface area contributed by atoms with Gasteiger partial charge in [0, 0.05) is 18.1 Å². The lowest BCUT2D eigenvalue weighted by molar-refractivity contribution is -0.889. The molecule has 0 aliphatic carbocycles. The minimum atomic E-state index is -0.223. The van der Waals surface area contributed by atoms with E-state index in [2.05, 4.69) is 77.9 Å². The van der Waals surface area contributed by atoms with Crippen molar-refractivity contribution in [2.45, 2.75) is 45.2 Å². The number of pyridine rings is 1. The van der Waals surface area contributed by atoms with Gasteiger partial charge in [-0.05, 0) is 62.1 Å². The van der Waals surface area contributed by atoms with Gasteiger partial charge in [0.2, 0.25) is 12.3 Å². The highest BCUT2D eigenvalue weighted by Crippen LogP contribution is 2.23. The number of hydrogen-bond donors (Lipinski definition) is 4. The largest absolute Gasteiger partial charge is 0.372 e. The number of quaternary nitrogens is 1. The van der Waals surface area contributed by atoms with E-state index in [9.17, 15) is 4.79 Å². The van der Waals surface area contributed by atoms with Gasteiger partial charge in [-0.1, -0.05) is 49.9 Å². The van der Waals surface area contributed by atoms with Gasteiger partial charge < -0.3 is 26.6 Å². The van der Waals surface area contributed by atoms with Crippen LogP contribution in [0, 0.1) is 0 Å². The predicted molar refractivity (Wildman–Crippen MR) is 157 cm³/mol. The lowest BCUT2D eigenvalue weighted by Crippen LogP contribution is -2.46. The Morgan fingerprint density at radius 3 is 2.42 bits per heavy atom. The number of rotatable bonds is 13. The van der Waals surface area contributed by atoms with Crippen molar-refractivity contribution in [2.24, 2.45) is 11.5 Å². The Bertz CT molecular complexity index is 1090. The zero-order valence-corrected chi connectivity index (χ0v) is 22.4. The molecule has 2 aromatic carbocycles. The van der Waals surface area contributed by atoms with Crippen molar-refractivity contribution in [3.05, 3.63) is 78.0 Å². The van der Waals surface area contributed by atoms with Gasteiger partial charge in [-0.25, -0.2) is 0 Å². The fourth-order valence-electron chi connectivity index (χ4n) is 4.45. The van der Waals surface area contributed by atoms with Crippen LogP contribution in [0.1, 0.15) is 43.9 Å². The van der Waals surface area contributed by atoms with Crippen molar-refractivity contribution in [3.63, 3.8) is 0 Å². The number of nitrogens with one attached hydrogen (secondary N) is 2. The molecular weight excluding hydrogens is 476 g/mol. The number of nitrogens with zero attached hydrogens (tertiary/aromatic N) is 2. The molecule has 8 nitrogen and oxygen atoms in total. The maximum Gasteiger partial charge on any atom is 0.237 e. The molecule has 1 heterocycles. The molecule has 3 rings (SSSR count). The Morgan fingerprint density at radius 2 is 1.76 bits per heavy atom. The summed E-state index contributed by atoms with van der Waals surface area (Å²) in [5.41, 5.74) is 13.3. The van der Waals surface area contributed by atoms with E-state index in [1.807, 2.05) is 31.4 Å². The van der Waals surface area contributed by atoms with E-state index in [4.69, 9.17) is 10.5 Å². The third kappa shape index (κ3) is 11.0. The van der Waals surface area contributed by atoms with Gasteiger partial charge in [-0.15, -0.1) is 0 Å². The number of carbonyl (C=O) groups is 2. The molecule has 8 heteroatoms. The average Bonchev–Trinajstić information content (AvgIpc) is 2.89. The van der Waals surface area contributed by atoms with E-state index < -0.39 is 0 Å². The number of fused-ring (bicyclic) bond motifs is 1. The maximum atomic E-state index is 13.3. The topological polar surface area (TPSA) is 123 Å². The van der Waals surface area contributed by atoms with Crippen LogP contribution in [-0.4, -0.2) is 68.6 Å². The third-order valence-electron chi connectivity index (χ3n) is 6.57. The zero-order valence-electron chi connectivity index (χ0n) is 22.4. The second-order valence-corrected chi connectivity index (χ2v) is 9.83. The van der Waals surface area contributed by atoms with E-state index >= 15 is 0 Å². The molecular formula is C30H47N6O2+. The molecule has 0 radical (unpaired) electrons. The standard InChI is InChI=1S/C28H39N5O.CH3NO.CH4/c1-30-27(12-8-19-33(2,3)20-17-29)28(34)32-26(15-13-22-9-5-4-6-10-22)24-14-16-25-23(21-24)11-7-18-31-25;2-1-3;/h4-7,9-11,14,16,18,21,26-27,30H,8,12-13,15,17,19-20,29H2,1-3H3;1H,(H2,2,3);1H4/p+1/t26-,27?;;/m1../s1. The normalized spacial score (nSPS) is 12.4. The third-order valence-corrected chi connectivity index (χ3v) is 6.57. The van der Waals surface area contributed by atoms with Crippen LogP contribution in [0.5, 0.6) is 0 Å². The molecule has 0 fully saturated rings. The van der Waals surface area contributed by atoms with Crippen molar-refractivity contribution >= 4 is 23.2 Å². The summed E-state index contributed by atoms with van der Waals surface area (Å²) < 4.78 is 0.874. The first-order chi connectivity index (χ1) is 17.8. The molecule has 3 aromatic rings. The molecule has 0 saturated carbocycles. The van der Waals surface area contributed by atoms with E-state index in [0.717, 1.165) is 59.7 Å². The second-order valence-electron chi connectivity index (χ2n) is 9.83. The fourth-order valence-corrected chi connectivity index (χ4v) is 4.45. The monoisotopic (exact) mass is 523 g/mol. The minimum Gasteiger partial charge on any atom is -0.372 e. The van der Waals surface area contributed by atoms with Gasteiger partial charge in [0.25, 0.3) is 0 Å². The van der Waals surface area contributed by atoms with E-state index in [1.54, 1.807) is 0 Å².